The van der Waals surface area contributed by atoms with E-state index in [1.807, 2.05) is 36.4 Å². The second-order valence-corrected chi connectivity index (χ2v) is 8.10. The van der Waals surface area contributed by atoms with Crippen molar-refractivity contribution in [1.29, 1.82) is 0 Å². The molecule has 1 saturated heterocycles. The first-order chi connectivity index (χ1) is 15.0. The number of ether oxygens (including phenoxy) is 3. The van der Waals surface area contributed by atoms with Crippen LogP contribution in [0.1, 0.15) is 11.1 Å². The van der Waals surface area contributed by atoms with Gasteiger partial charge in [-0.15, -0.1) is 6.58 Å². The fraction of sp³-hybridized carbons (Fsp3) is 0.174. The number of rotatable bonds is 8. The van der Waals surface area contributed by atoms with E-state index in [1.54, 1.807) is 18.2 Å². The molecule has 2 aromatic carbocycles. The number of hydrogen-bond acceptors (Lipinski definition) is 7. The summed E-state index contributed by atoms with van der Waals surface area (Å²) in [5, 5.41) is 0. The molecule has 160 valence electrons. The number of nitrogens with zero attached hydrogens (tertiary/aromatic N) is 1. The normalized spacial score (nSPS) is 14.6. The first-order valence-corrected chi connectivity index (χ1v) is 10.6. The summed E-state index contributed by atoms with van der Waals surface area (Å²) in [6.07, 6.45) is 3.97. The fourth-order valence-corrected chi connectivity index (χ4v) is 4.30. The Morgan fingerprint density at radius 1 is 1.23 bits per heavy atom. The van der Waals surface area contributed by atoms with Crippen molar-refractivity contribution in [2.24, 2.45) is 0 Å². The smallest absolute Gasteiger partial charge is 0.343 e. The highest BCUT2D eigenvalue weighted by Gasteiger charge is 2.33. The Balaban J connectivity index is 1.95. The Labute approximate surface area is 190 Å². The number of esters is 1. The lowest BCUT2D eigenvalue weighted by atomic mass is 10.0. The van der Waals surface area contributed by atoms with Gasteiger partial charge in [-0.1, -0.05) is 48.3 Å². The number of allylic oxidation sites excluding steroid dienone is 1. The molecule has 3 rings (SSSR count). The van der Waals surface area contributed by atoms with Gasteiger partial charge in [0.15, 0.2) is 22.4 Å². The van der Waals surface area contributed by atoms with Crippen molar-refractivity contribution in [1.82, 2.24) is 0 Å². The Bertz CT molecular complexity index is 1050. The average molecular weight is 456 g/mol. The summed E-state index contributed by atoms with van der Waals surface area (Å²) >= 11 is 6.67. The number of anilines is 1. The second kappa shape index (κ2) is 10.3. The molecule has 0 atom stereocenters. The molecular weight excluding hydrogens is 434 g/mol. The number of thiocarbonyl (C=S) groups is 1. The van der Waals surface area contributed by atoms with Crippen molar-refractivity contribution >= 4 is 51.9 Å². The molecule has 0 aliphatic carbocycles. The van der Waals surface area contributed by atoms with Crippen molar-refractivity contribution in [3.63, 3.8) is 0 Å². The largest absolute Gasteiger partial charge is 0.493 e. The van der Waals surface area contributed by atoms with E-state index in [0.717, 1.165) is 16.8 Å². The van der Waals surface area contributed by atoms with Crippen molar-refractivity contribution < 1.29 is 23.8 Å². The number of para-hydroxylation sites is 1. The minimum Gasteiger partial charge on any atom is -0.493 e. The van der Waals surface area contributed by atoms with E-state index < -0.39 is 5.97 Å². The summed E-state index contributed by atoms with van der Waals surface area (Å²) in [6, 6.07) is 12.9. The van der Waals surface area contributed by atoms with Crippen LogP contribution in [0.2, 0.25) is 0 Å². The van der Waals surface area contributed by atoms with E-state index in [0.29, 0.717) is 27.1 Å². The van der Waals surface area contributed by atoms with Gasteiger partial charge in [0.1, 0.15) is 0 Å². The summed E-state index contributed by atoms with van der Waals surface area (Å²) in [4.78, 5) is 26.5. The molecule has 1 fully saturated rings. The average Bonchev–Trinajstić information content (AvgIpc) is 3.05. The van der Waals surface area contributed by atoms with E-state index in [9.17, 15) is 9.59 Å². The molecule has 0 radical (unpaired) electrons. The van der Waals surface area contributed by atoms with Crippen LogP contribution in [0.5, 0.6) is 11.5 Å². The molecule has 0 spiro atoms. The predicted octanol–water partition coefficient (Wildman–Crippen LogP) is 4.38. The number of carbonyl (C=O) groups is 2. The standard InChI is InChI=1S/C23H21NO5S2/c1-4-8-16-11-15(12-18(27-2)21(16)29-14-20(25)28-3)13-19-22(26)24(23(30)31-19)17-9-6-5-7-10-17/h4-7,9-13H,1,8,14H2,2-3H3/b19-13+. The minimum absolute atomic E-state index is 0.184. The molecule has 1 aliphatic rings. The number of thioether (sulfide) groups is 1. The summed E-state index contributed by atoms with van der Waals surface area (Å²) in [5.41, 5.74) is 2.24. The van der Waals surface area contributed by atoms with Crippen LogP contribution in [0.15, 0.2) is 60.0 Å². The number of carbonyl (C=O) groups excluding carboxylic acids is 2. The van der Waals surface area contributed by atoms with Crippen LogP contribution in [0.4, 0.5) is 5.69 Å². The van der Waals surface area contributed by atoms with E-state index in [-0.39, 0.29) is 12.5 Å². The van der Waals surface area contributed by atoms with Gasteiger partial charge in [-0.2, -0.15) is 0 Å². The van der Waals surface area contributed by atoms with Crippen molar-refractivity contribution in [3.8, 4) is 11.5 Å². The molecule has 1 aliphatic heterocycles. The van der Waals surface area contributed by atoms with Gasteiger partial charge in [0.25, 0.3) is 5.91 Å². The van der Waals surface area contributed by atoms with Crippen LogP contribution in [0.3, 0.4) is 0 Å². The zero-order valence-electron chi connectivity index (χ0n) is 17.1. The first kappa shape index (κ1) is 22.6. The molecule has 0 N–H and O–H groups in total. The Morgan fingerprint density at radius 2 is 1.97 bits per heavy atom. The van der Waals surface area contributed by atoms with Crippen LogP contribution >= 0.6 is 24.0 Å². The van der Waals surface area contributed by atoms with Gasteiger partial charge in [0.05, 0.1) is 24.8 Å². The Morgan fingerprint density at radius 3 is 2.61 bits per heavy atom. The first-order valence-electron chi connectivity index (χ1n) is 9.33. The number of benzene rings is 2. The van der Waals surface area contributed by atoms with Gasteiger partial charge in [0, 0.05) is 5.56 Å². The van der Waals surface area contributed by atoms with Crippen LogP contribution in [-0.2, 0) is 20.7 Å². The summed E-state index contributed by atoms with van der Waals surface area (Å²) in [7, 11) is 2.80. The van der Waals surface area contributed by atoms with Gasteiger partial charge in [-0.25, -0.2) is 4.79 Å². The zero-order chi connectivity index (χ0) is 22.4. The maximum atomic E-state index is 13.0. The molecule has 31 heavy (non-hydrogen) atoms. The second-order valence-electron chi connectivity index (χ2n) is 6.42. The molecule has 1 amide bonds. The molecule has 2 aromatic rings. The fourth-order valence-electron chi connectivity index (χ4n) is 3.00. The lowest BCUT2D eigenvalue weighted by Crippen LogP contribution is -2.27. The maximum Gasteiger partial charge on any atom is 0.343 e. The lowest BCUT2D eigenvalue weighted by molar-refractivity contribution is -0.142. The molecule has 6 nitrogen and oxygen atoms in total. The Kier molecular flexibility index (Phi) is 7.49. The monoisotopic (exact) mass is 455 g/mol. The van der Waals surface area contributed by atoms with E-state index in [2.05, 4.69) is 11.3 Å². The van der Waals surface area contributed by atoms with E-state index in [4.69, 9.17) is 21.7 Å². The van der Waals surface area contributed by atoms with Gasteiger partial charge in [-0.05, 0) is 42.3 Å². The van der Waals surface area contributed by atoms with Gasteiger partial charge >= 0.3 is 5.97 Å². The third kappa shape index (κ3) is 5.15. The van der Waals surface area contributed by atoms with Crippen molar-refractivity contribution in [2.45, 2.75) is 6.42 Å². The molecule has 0 aromatic heterocycles. The van der Waals surface area contributed by atoms with Gasteiger partial charge in [0.2, 0.25) is 0 Å². The SMILES string of the molecule is C=CCc1cc(/C=C2/SC(=S)N(c3ccccc3)C2=O)cc(OC)c1OCC(=O)OC. The highest BCUT2D eigenvalue weighted by Crippen LogP contribution is 2.38. The van der Waals surface area contributed by atoms with E-state index in [1.165, 1.54) is 30.9 Å². The predicted molar refractivity (Wildman–Crippen MR) is 127 cm³/mol. The molecule has 1 heterocycles. The minimum atomic E-state index is -0.500. The number of amides is 1. The molecule has 0 saturated carbocycles. The Hall–Kier alpha value is -3.10. The summed E-state index contributed by atoms with van der Waals surface area (Å²) in [6.45, 7) is 3.53. The van der Waals surface area contributed by atoms with Gasteiger partial charge in [-0.3, -0.25) is 9.69 Å². The number of hydrogen-bond donors (Lipinski definition) is 0. The molecule has 0 unspecified atom stereocenters. The zero-order valence-corrected chi connectivity index (χ0v) is 18.8. The third-order valence-electron chi connectivity index (χ3n) is 4.41. The topological polar surface area (TPSA) is 65.1 Å². The summed E-state index contributed by atoms with van der Waals surface area (Å²) < 4.78 is 16.2. The van der Waals surface area contributed by atoms with Crippen LogP contribution in [0.25, 0.3) is 6.08 Å². The van der Waals surface area contributed by atoms with Gasteiger partial charge < -0.3 is 14.2 Å². The quantitative estimate of drug-likeness (QED) is 0.253. The van der Waals surface area contributed by atoms with Crippen molar-refractivity contribution in [2.75, 3.05) is 25.7 Å². The lowest BCUT2D eigenvalue weighted by Gasteiger charge is -2.15. The molecule has 8 heteroatoms. The maximum absolute atomic E-state index is 13.0. The van der Waals surface area contributed by atoms with E-state index >= 15 is 0 Å². The molecular formula is C23H21NO5S2. The van der Waals surface area contributed by atoms with Crippen LogP contribution in [-0.4, -0.2) is 37.0 Å². The number of methoxy groups -OCH3 is 2. The van der Waals surface area contributed by atoms with Crippen LogP contribution in [0, 0.1) is 0 Å². The summed E-state index contributed by atoms with van der Waals surface area (Å²) in [5.74, 6) is 0.187. The van der Waals surface area contributed by atoms with Crippen molar-refractivity contribution in [3.05, 3.63) is 71.2 Å². The van der Waals surface area contributed by atoms with Crippen LogP contribution < -0.4 is 14.4 Å². The highest BCUT2D eigenvalue weighted by molar-refractivity contribution is 8.27. The third-order valence-corrected chi connectivity index (χ3v) is 5.71. The molecule has 0 bridgehead atoms. The highest BCUT2D eigenvalue weighted by atomic mass is 32.2.